The van der Waals surface area contributed by atoms with Gasteiger partial charge in [-0.05, 0) is 56.2 Å². The van der Waals surface area contributed by atoms with Crippen LogP contribution in [0.5, 0.6) is 0 Å². The first-order valence-electron chi connectivity index (χ1n) is 7.66. The van der Waals surface area contributed by atoms with Gasteiger partial charge in [-0.15, -0.1) is 0 Å². The van der Waals surface area contributed by atoms with E-state index >= 15 is 0 Å². The van der Waals surface area contributed by atoms with Crippen molar-refractivity contribution >= 4 is 34.8 Å². The molecule has 0 heterocycles. The lowest BCUT2D eigenvalue weighted by atomic mass is 9.83. The number of hydrogen-bond acceptors (Lipinski definition) is 2. The quantitative estimate of drug-likeness (QED) is 0.856. The molecule has 0 bridgehead atoms. The molecule has 0 radical (unpaired) electrons. The van der Waals surface area contributed by atoms with Gasteiger partial charge >= 0.3 is 0 Å². The van der Waals surface area contributed by atoms with Crippen molar-refractivity contribution < 1.29 is 9.59 Å². The zero-order chi connectivity index (χ0) is 17.9. The number of carbonyl (C=O) groups is 2. The molecule has 4 nitrogen and oxygen atoms in total. The highest BCUT2D eigenvalue weighted by Gasteiger charge is 2.30. The summed E-state index contributed by atoms with van der Waals surface area (Å²) >= 11 is 5.92. The summed E-state index contributed by atoms with van der Waals surface area (Å²) in [5.41, 5.74) is 2.33. The average molecular weight is 345 g/mol. The lowest BCUT2D eigenvalue weighted by Crippen LogP contribution is -2.35. The van der Waals surface area contributed by atoms with Crippen LogP contribution in [0.4, 0.5) is 11.4 Å². The summed E-state index contributed by atoms with van der Waals surface area (Å²) in [5, 5.41) is 6.35. The van der Waals surface area contributed by atoms with Gasteiger partial charge in [-0.1, -0.05) is 29.8 Å². The van der Waals surface area contributed by atoms with Gasteiger partial charge in [0.25, 0.3) is 0 Å². The maximum Gasteiger partial charge on any atom is 0.234 e. The molecule has 2 amide bonds. The van der Waals surface area contributed by atoms with Crippen molar-refractivity contribution in [1.82, 2.24) is 0 Å². The summed E-state index contributed by atoms with van der Waals surface area (Å²) in [6.07, 6.45) is 0. The van der Waals surface area contributed by atoms with Crippen molar-refractivity contribution in [2.75, 3.05) is 10.6 Å². The summed E-state index contributed by atoms with van der Waals surface area (Å²) in [7, 11) is 0. The highest BCUT2D eigenvalue weighted by atomic mass is 35.5. The molecule has 2 N–H and O–H groups in total. The summed E-state index contributed by atoms with van der Waals surface area (Å²) in [5.74, 6) is -0.282. The summed E-state index contributed by atoms with van der Waals surface area (Å²) in [4.78, 5) is 24.0. The van der Waals surface area contributed by atoms with Gasteiger partial charge < -0.3 is 10.6 Å². The molecule has 0 aliphatic rings. The molecule has 0 spiro atoms. The Balaban J connectivity index is 2.25. The standard InChI is InChI=1S/C19H21ClN2O2/c1-12-16(21-13(2)23)6-5-7-17(12)22-18(24)19(3,4)14-8-10-15(20)11-9-14/h5-11H,1-4H3,(H,21,23)(H,22,24). The summed E-state index contributed by atoms with van der Waals surface area (Å²) in [6.45, 7) is 7.03. The summed E-state index contributed by atoms with van der Waals surface area (Å²) < 4.78 is 0. The number of amides is 2. The third kappa shape index (κ3) is 3.95. The fraction of sp³-hybridized carbons (Fsp3) is 0.263. The molecule has 0 fully saturated rings. The Labute approximate surface area is 147 Å². The first-order valence-corrected chi connectivity index (χ1v) is 8.04. The fourth-order valence-corrected chi connectivity index (χ4v) is 2.50. The lowest BCUT2D eigenvalue weighted by molar-refractivity contribution is -0.120. The normalized spacial score (nSPS) is 11.0. The Hall–Kier alpha value is -2.33. The van der Waals surface area contributed by atoms with Gasteiger partial charge in [0.15, 0.2) is 0 Å². The van der Waals surface area contributed by atoms with Crippen molar-refractivity contribution in [2.24, 2.45) is 0 Å². The van der Waals surface area contributed by atoms with Gasteiger partial charge in [-0.3, -0.25) is 9.59 Å². The van der Waals surface area contributed by atoms with E-state index in [4.69, 9.17) is 11.6 Å². The Morgan fingerprint density at radius 3 is 2.04 bits per heavy atom. The third-order valence-corrected chi connectivity index (χ3v) is 4.28. The molecule has 0 aliphatic heterocycles. The van der Waals surface area contributed by atoms with Crippen LogP contribution in [0.2, 0.25) is 5.02 Å². The van der Waals surface area contributed by atoms with Crippen LogP contribution in [0.3, 0.4) is 0 Å². The maximum absolute atomic E-state index is 12.8. The zero-order valence-corrected chi connectivity index (χ0v) is 15.0. The Kier molecular flexibility index (Phi) is 5.30. The predicted octanol–water partition coefficient (Wildman–Crippen LogP) is 4.52. The molecule has 2 rings (SSSR count). The predicted molar refractivity (Wildman–Crippen MR) is 98.6 cm³/mol. The van der Waals surface area contributed by atoms with Gasteiger partial charge in [-0.2, -0.15) is 0 Å². The molecule has 126 valence electrons. The van der Waals surface area contributed by atoms with Crippen LogP contribution < -0.4 is 10.6 Å². The number of nitrogens with one attached hydrogen (secondary N) is 2. The van der Waals surface area contributed by atoms with Crippen LogP contribution in [0.25, 0.3) is 0 Å². The molecule has 0 aromatic heterocycles. The molecule has 2 aromatic carbocycles. The number of carbonyl (C=O) groups excluding carboxylic acids is 2. The number of benzene rings is 2. The minimum Gasteiger partial charge on any atom is -0.326 e. The topological polar surface area (TPSA) is 58.2 Å². The molecule has 0 aliphatic carbocycles. The number of hydrogen-bond donors (Lipinski definition) is 2. The fourth-order valence-electron chi connectivity index (χ4n) is 2.37. The monoisotopic (exact) mass is 344 g/mol. The van der Waals surface area contributed by atoms with E-state index in [1.807, 2.05) is 39.0 Å². The molecule has 0 unspecified atom stereocenters. The van der Waals surface area contributed by atoms with Crippen molar-refractivity contribution in [1.29, 1.82) is 0 Å². The van der Waals surface area contributed by atoms with Gasteiger partial charge in [0.2, 0.25) is 11.8 Å². The first-order chi connectivity index (χ1) is 11.2. The zero-order valence-electron chi connectivity index (χ0n) is 14.2. The SMILES string of the molecule is CC(=O)Nc1cccc(NC(=O)C(C)(C)c2ccc(Cl)cc2)c1C. The van der Waals surface area contributed by atoms with E-state index in [2.05, 4.69) is 10.6 Å². The van der Waals surface area contributed by atoms with E-state index in [-0.39, 0.29) is 11.8 Å². The molecule has 0 atom stereocenters. The van der Waals surface area contributed by atoms with Gasteiger partial charge in [0.05, 0.1) is 5.41 Å². The van der Waals surface area contributed by atoms with Crippen molar-refractivity contribution in [3.05, 3.63) is 58.6 Å². The molecular formula is C19H21ClN2O2. The van der Waals surface area contributed by atoms with Crippen molar-refractivity contribution in [3.63, 3.8) is 0 Å². The highest BCUT2D eigenvalue weighted by molar-refractivity contribution is 6.30. The minimum absolute atomic E-state index is 0.132. The van der Waals surface area contributed by atoms with E-state index in [1.165, 1.54) is 6.92 Å². The number of halogens is 1. The van der Waals surface area contributed by atoms with Gasteiger partial charge in [-0.25, -0.2) is 0 Å². The van der Waals surface area contributed by atoms with E-state index in [9.17, 15) is 9.59 Å². The number of anilines is 2. The molecule has 5 heteroatoms. The second-order valence-electron chi connectivity index (χ2n) is 6.25. The minimum atomic E-state index is -0.721. The molecular weight excluding hydrogens is 324 g/mol. The van der Waals surface area contributed by atoms with Crippen LogP contribution >= 0.6 is 11.6 Å². The third-order valence-electron chi connectivity index (χ3n) is 4.03. The smallest absolute Gasteiger partial charge is 0.234 e. The lowest BCUT2D eigenvalue weighted by Gasteiger charge is -2.25. The van der Waals surface area contributed by atoms with Crippen LogP contribution in [-0.4, -0.2) is 11.8 Å². The molecule has 0 saturated heterocycles. The first kappa shape index (κ1) is 18.0. The highest BCUT2D eigenvalue weighted by Crippen LogP contribution is 2.29. The van der Waals surface area contributed by atoms with Crippen LogP contribution in [0.1, 0.15) is 31.9 Å². The van der Waals surface area contributed by atoms with Gasteiger partial charge in [0, 0.05) is 23.3 Å². The second kappa shape index (κ2) is 7.05. The van der Waals surface area contributed by atoms with E-state index in [0.717, 1.165) is 11.1 Å². The van der Waals surface area contributed by atoms with Crippen molar-refractivity contribution in [2.45, 2.75) is 33.1 Å². The van der Waals surface area contributed by atoms with Crippen LogP contribution in [0, 0.1) is 6.92 Å². The molecule has 2 aromatic rings. The Bertz CT molecular complexity index is 767. The maximum atomic E-state index is 12.8. The van der Waals surface area contributed by atoms with Crippen LogP contribution in [0.15, 0.2) is 42.5 Å². The molecule has 24 heavy (non-hydrogen) atoms. The molecule has 0 saturated carbocycles. The largest absolute Gasteiger partial charge is 0.326 e. The average Bonchev–Trinajstić information content (AvgIpc) is 2.51. The van der Waals surface area contributed by atoms with E-state index in [0.29, 0.717) is 16.4 Å². The Morgan fingerprint density at radius 2 is 1.50 bits per heavy atom. The summed E-state index contributed by atoms with van der Waals surface area (Å²) in [6, 6.07) is 12.7. The van der Waals surface area contributed by atoms with Gasteiger partial charge in [0.1, 0.15) is 0 Å². The van der Waals surface area contributed by atoms with Crippen molar-refractivity contribution in [3.8, 4) is 0 Å². The number of rotatable bonds is 4. The van der Waals surface area contributed by atoms with Crippen LogP contribution in [-0.2, 0) is 15.0 Å². The van der Waals surface area contributed by atoms with E-state index < -0.39 is 5.41 Å². The Morgan fingerprint density at radius 1 is 0.958 bits per heavy atom. The second-order valence-corrected chi connectivity index (χ2v) is 6.68. The van der Waals surface area contributed by atoms with E-state index in [1.54, 1.807) is 24.3 Å².